The summed E-state index contributed by atoms with van der Waals surface area (Å²) in [7, 11) is 0. The van der Waals surface area contributed by atoms with E-state index in [-0.39, 0.29) is 17.9 Å². The lowest BCUT2D eigenvalue weighted by molar-refractivity contribution is -0.130. The third kappa shape index (κ3) is 4.35. The lowest BCUT2D eigenvalue weighted by Crippen LogP contribution is -2.41. The van der Waals surface area contributed by atoms with Crippen LogP contribution in [0.5, 0.6) is 0 Å². The average Bonchev–Trinajstić information content (AvgIpc) is 3.12. The molecular formula is C19H28N2O3. The van der Waals surface area contributed by atoms with E-state index in [9.17, 15) is 9.59 Å². The molecule has 24 heavy (non-hydrogen) atoms. The molecule has 0 aromatic heterocycles. The number of benzene rings is 1. The predicted molar refractivity (Wildman–Crippen MR) is 95.2 cm³/mol. The molecule has 1 aromatic carbocycles. The number of para-hydroxylation sites is 1. The van der Waals surface area contributed by atoms with E-state index in [1.165, 1.54) is 0 Å². The second-order valence-electron chi connectivity index (χ2n) is 6.10. The molecule has 1 heterocycles. The van der Waals surface area contributed by atoms with E-state index >= 15 is 0 Å². The van der Waals surface area contributed by atoms with Crippen LogP contribution in [0.1, 0.15) is 44.7 Å². The number of hydrogen-bond donors (Lipinski definition) is 1. The Morgan fingerprint density at radius 2 is 1.92 bits per heavy atom. The van der Waals surface area contributed by atoms with Gasteiger partial charge in [0.05, 0.1) is 5.69 Å². The summed E-state index contributed by atoms with van der Waals surface area (Å²) in [5.41, 5.74) is 3.33. The van der Waals surface area contributed by atoms with Gasteiger partial charge in [-0.3, -0.25) is 9.59 Å². The zero-order valence-corrected chi connectivity index (χ0v) is 14.9. The molecule has 2 rings (SSSR count). The molecule has 132 valence electrons. The number of rotatable bonds is 7. The molecule has 1 fully saturated rings. The maximum Gasteiger partial charge on any atom is 0.249 e. The molecule has 0 spiro atoms. The summed E-state index contributed by atoms with van der Waals surface area (Å²) in [6.07, 6.45) is 3.12. The largest absolute Gasteiger partial charge is 0.368 e. The Bertz CT molecular complexity index is 558. The molecule has 1 aliphatic rings. The zero-order valence-electron chi connectivity index (χ0n) is 14.9. The minimum Gasteiger partial charge on any atom is -0.368 e. The number of nitrogens with one attached hydrogen (secondary N) is 1. The van der Waals surface area contributed by atoms with Gasteiger partial charge in [-0.05, 0) is 36.8 Å². The van der Waals surface area contributed by atoms with Crippen molar-refractivity contribution >= 4 is 17.5 Å². The van der Waals surface area contributed by atoms with Crippen LogP contribution in [0.15, 0.2) is 18.2 Å². The van der Waals surface area contributed by atoms with Gasteiger partial charge in [-0.1, -0.05) is 32.0 Å². The number of nitrogens with zero attached hydrogens (tertiary/aromatic N) is 1. The summed E-state index contributed by atoms with van der Waals surface area (Å²) >= 11 is 0. The van der Waals surface area contributed by atoms with Gasteiger partial charge >= 0.3 is 0 Å². The molecule has 0 saturated carbocycles. The number of amides is 2. The predicted octanol–water partition coefficient (Wildman–Crippen LogP) is 2.46. The van der Waals surface area contributed by atoms with Crippen LogP contribution in [0.25, 0.3) is 0 Å². The van der Waals surface area contributed by atoms with Gasteiger partial charge in [-0.15, -0.1) is 0 Å². The Labute approximate surface area is 144 Å². The molecule has 1 saturated heterocycles. The quantitative estimate of drug-likeness (QED) is 0.834. The summed E-state index contributed by atoms with van der Waals surface area (Å²) in [6, 6.07) is 6.17. The van der Waals surface area contributed by atoms with Crippen molar-refractivity contribution in [3.8, 4) is 0 Å². The highest BCUT2D eigenvalue weighted by Crippen LogP contribution is 2.27. The number of anilines is 1. The van der Waals surface area contributed by atoms with Crippen molar-refractivity contribution in [2.45, 2.75) is 52.6 Å². The van der Waals surface area contributed by atoms with Gasteiger partial charge in [0.25, 0.3) is 0 Å². The van der Waals surface area contributed by atoms with E-state index in [1.54, 1.807) is 11.8 Å². The van der Waals surface area contributed by atoms with E-state index < -0.39 is 0 Å². The number of aryl methyl sites for hydroxylation is 2. The monoisotopic (exact) mass is 332 g/mol. The first kappa shape index (κ1) is 18.5. The van der Waals surface area contributed by atoms with Crippen LogP contribution in [-0.4, -0.2) is 37.6 Å². The first-order valence-corrected chi connectivity index (χ1v) is 8.86. The normalized spacial score (nSPS) is 16.9. The molecule has 5 nitrogen and oxygen atoms in total. The summed E-state index contributed by atoms with van der Waals surface area (Å²) in [6.45, 7) is 7.32. The summed E-state index contributed by atoms with van der Waals surface area (Å²) in [5, 5.41) is 2.90. The van der Waals surface area contributed by atoms with Gasteiger partial charge < -0.3 is 15.0 Å². The molecule has 0 aliphatic carbocycles. The highest BCUT2D eigenvalue weighted by atomic mass is 16.5. The van der Waals surface area contributed by atoms with E-state index in [2.05, 4.69) is 31.3 Å². The number of carbonyl (C=O) groups is 2. The van der Waals surface area contributed by atoms with Gasteiger partial charge in [0, 0.05) is 26.6 Å². The van der Waals surface area contributed by atoms with Crippen molar-refractivity contribution in [1.29, 1.82) is 0 Å². The Morgan fingerprint density at radius 3 is 2.42 bits per heavy atom. The van der Waals surface area contributed by atoms with E-state index in [1.807, 2.05) is 6.07 Å². The molecule has 1 atom stereocenters. The van der Waals surface area contributed by atoms with Crippen molar-refractivity contribution in [3.05, 3.63) is 29.3 Å². The summed E-state index contributed by atoms with van der Waals surface area (Å²) in [4.78, 5) is 26.0. The van der Waals surface area contributed by atoms with Gasteiger partial charge in [-0.25, -0.2) is 0 Å². The third-order valence-electron chi connectivity index (χ3n) is 4.47. The Kier molecular flexibility index (Phi) is 6.79. The molecule has 1 aromatic rings. The van der Waals surface area contributed by atoms with Gasteiger partial charge in [0.1, 0.15) is 6.10 Å². The lowest BCUT2D eigenvalue weighted by atomic mass is 10.0. The highest BCUT2D eigenvalue weighted by Gasteiger charge is 2.24. The van der Waals surface area contributed by atoms with E-state index in [0.29, 0.717) is 19.7 Å². The van der Waals surface area contributed by atoms with Crippen LogP contribution in [0, 0.1) is 0 Å². The highest BCUT2D eigenvalue weighted by molar-refractivity contribution is 5.93. The van der Waals surface area contributed by atoms with Crippen LogP contribution >= 0.6 is 0 Å². The van der Waals surface area contributed by atoms with Crippen LogP contribution < -0.4 is 10.2 Å². The molecule has 5 heteroatoms. The van der Waals surface area contributed by atoms with Crippen LogP contribution in [0.3, 0.4) is 0 Å². The fraction of sp³-hybridized carbons (Fsp3) is 0.579. The standard InChI is InChI=1S/C19H28N2O3/c1-4-15-8-6-9-16(5-2)18(15)21(14(3)22)12-11-20-19(23)17-10-7-13-24-17/h6,8-9,17H,4-5,7,10-13H2,1-3H3,(H,20,23). The van der Waals surface area contributed by atoms with E-state index in [4.69, 9.17) is 4.74 Å². The smallest absolute Gasteiger partial charge is 0.249 e. The van der Waals surface area contributed by atoms with E-state index in [0.717, 1.165) is 42.5 Å². The molecule has 1 unspecified atom stereocenters. The zero-order chi connectivity index (χ0) is 17.5. The minimum absolute atomic E-state index is 0.00281. The summed E-state index contributed by atoms with van der Waals surface area (Å²) in [5.74, 6) is -0.0764. The van der Waals surface area contributed by atoms with Crippen LogP contribution in [0.2, 0.25) is 0 Å². The molecule has 1 aliphatic heterocycles. The fourth-order valence-electron chi connectivity index (χ4n) is 3.18. The van der Waals surface area contributed by atoms with Crippen LogP contribution in [-0.2, 0) is 27.2 Å². The molecule has 0 bridgehead atoms. The SMILES string of the molecule is CCc1cccc(CC)c1N(CCNC(=O)C1CCCO1)C(C)=O. The van der Waals surface area contributed by atoms with Crippen molar-refractivity contribution in [2.75, 3.05) is 24.6 Å². The average molecular weight is 332 g/mol. The van der Waals surface area contributed by atoms with Gasteiger partial charge in [0.15, 0.2) is 0 Å². The molecule has 0 radical (unpaired) electrons. The third-order valence-corrected chi connectivity index (χ3v) is 4.47. The number of hydrogen-bond acceptors (Lipinski definition) is 3. The lowest BCUT2D eigenvalue weighted by Gasteiger charge is -2.27. The Morgan fingerprint density at radius 1 is 1.25 bits per heavy atom. The topological polar surface area (TPSA) is 58.6 Å². The maximum absolute atomic E-state index is 12.2. The second-order valence-corrected chi connectivity index (χ2v) is 6.10. The fourth-order valence-corrected chi connectivity index (χ4v) is 3.18. The first-order valence-electron chi connectivity index (χ1n) is 8.86. The summed E-state index contributed by atoms with van der Waals surface area (Å²) < 4.78 is 5.38. The van der Waals surface area contributed by atoms with Crippen molar-refractivity contribution < 1.29 is 14.3 Å². The van der Waals surface area contributed by atoms with Crippen molar-refractivity contribution in [1.82, 2.24) is 5.32 Å². The number of carbonyl (C=O) groups excluding carboxylic acids is 2. The van der Waals surface area contributed by atoms with Crippen molar-refractivity contribution in [2.24, 2.45) is 0 Å². The minimum atomic E-state index is -0.329. The van der Waals surface area contributed by atoms with Gasteiger partial charge in [0.2, 0.25) is 11.8 Å². The molecular weight excluding hydrogens is 304 g/mol. The molecule has 1 N–H and O–H groups in total. The maximum atomic E-state index is 12.2. The van der Waals surface area contributed by atoms with Crippen molar-refractivity contribution in [3.63, 3.8) is 0 Å². The second kappa shape index (κ2) is 8.83. The molecule has 2 amide bonds. The number of ether oxygens (including phenoxy) is 1. The van der Waals surface area contributed by atoms with Gasteiger partial charge in [-0.2, -0.15) is 0 Å². The Balaban J connectivity index is 2.07. The Hall–Kier alpha value is -1.88. The first-order chi connectivity index (χ1) is 11.6. The van der Waals surface area contributed by atoms with Crippen LogP contribution in [0.4, 0.5) is 5.69 Å².